The van der Waals surface area contributed by atoms with Gasteiger partial charge in [0.05, 0.1) is 19.7 Å². The smallest absolute Gasteiger partial charge is 0.270 e. The van der Waals surface area contributed by atoms with Gasteiger partial charge in [-0.05, 0) is 57.4 Å². The van der Waals surface area contributed by atoms with E-state index in [4.69, 9.17) is 15.2 Å². The molecule has 0 saturated heterocycles. The standard InChI is InChI=1S/C23H32N4O3/c1-6-16(22(25-3)23(28)27-15-9-7-14(24)8-10-15)21-13(2)26-18-12-20(30-5)19(29-4)11-17(18)21/h11-12,14-15,26H,3,6-10,24H2,1-2,4-5H3,(H,27,28)/b22-16-/t14-,15+. The van der Waals surface area contributed by atoms with Crippen LogP contribution in [-0.4, -0.2) is 43.9 Å². The number of hydrogen-bond donors (Lipinski definition) is 3. The number of aromatic nitrogens is 1. The second kappa shape index (κ2) is 9.34. The van der Waals surface area contributed by atoms with Crippen LogP contribution in [0.25, 0.3) is 16.5 Å². The average Bonchev–Trinajstić information content (AvgIpc) is 3.06. The summed E-state index contributed by atoms with van der Waals surface area (Å²) in [6, 6.07) is 4.20. The minimum Gasteiger partial charge on any atom is -0.493 e. The molecule has 3 rings (SSSR count). The number of nitrogens with two attached hydrogens (primary N) is 1. The number of methoxy groups -OCH3 is 2. The van der Waals surface area contributed by atoms with Crippen LogP contribution in [0.15, 0.2) is 22.8 Å². The number of fused-ring (bicyclic) bond motifs is 1. The lowest BCUT2D eigenvalue weighted by Crippen LogP contribution is -2.41. The maximum absolute atomic E-state index is 13.1. The summed E-state index contributed by atoms with van der Waals surface area (Å²) in [6.07, 6.45) is 4.27. The molecule has 0 unspecified atom stereocenters. The van der Waals surface area contributed by atoms with Gasteiger partial charge in [-0.1, -0.05) is 6.92 Å². The molecule has 0 atom stereocenters. The fraction of sp³-hybridized carbons (Fsp3) is 0.478. The molecule has 0 aliphatic heterocycles. The minimum atomic E-state index is -0.184. The van der Waals surface area contributed by atoms with E-state index in [1.54, 1.807) is 14.2 Å². The topological polar surface area (TPSA) is 102 Å². The highest BCUT2D eigenvalue weighted by molar-refractivity contribution is 6.06. The van der Waals surface area contributed by atoms with Gasteiger partial charge in [0.25, 0.3) is 5.91 Å². The SMILES string of the molecule is C=N/C(C(=O)N[C@H]1CC[C@@H](N)CC1)=C(/CC)c1c(C)[nH]c2cc(OC)c(OC)cc12. The number of aryl methyl sites for hydroxylation is 1. The number of ether oxygens (including phenoxy) is 2. The highest BCUT2D eigenvalue weighted by atomic mass is 16.5. The predicted octanol–water partition coefficient (Wildman–Crippen LogP) is 3.70. The summed E-state index contributed by atoms with van der Waals surface area (Å²) in [7, 11) is 3.22. The Morgan fingerprint density at radius 3 is 2.43 bits per heavy atom. The van der Waals surface area contributed by atoms with Crippen molar-refractivity contribution in [1.82, 2.24) is 10.3 Å². The number of hydrogen-bond acceptors (Lipinski definition) is 5. The highest BCUT2D eigenvalue weighted by Crippen LogP contribution is 2.39. The van der Waals surface area contributed by atoms with Crippen LogP contribution < -0.4 is 20.5 Å². The van der Waals surface area contributed by atoms with Crippen LogP contribution in [0.2, 0.25) is 0 Å². The van der Waals surface area contributed by atoms with E-state index in [1.807, 2.05) is 26.0 Å². The Balaban J connectivity index is 2.04. The van der Waals surface area contributed by atoms with E-state index >= 15 is 0 Å². The van der Waals surface area contributed by atoms with E-state index in [-0.39, 0.29) is 18.0 Å². The Morgan fingerprint density at radius 1 is 1.23 bits per heavy atom. The zero-order valence-corrected chi connectivity index (χ0v) is 18.3. The molecule has 1 fully saturated rings. The van der Waals surface area contributed by atoms with Crippen molar-refractivity contribution in [2.24, 2.45) is 10.7 Å². The van der Waals surface area contributed by atoms with Gasteiger partial charge in [-0.25, -0.2) is 0 Å². The first-order chi connectivity index (χ1) is 14.4. The molecule has 1 amide bonds. The minimum absolute atomic E-state index is 0.126. The van der Waals surface area contributed by atoms with Crippen LogP contribution in [0.3, 0.4) is 0 Å². The Hall–Kier alpha value is -2.80. The molecule has 162 valence electrons. The van der Waals surface area contributed by atoms with Gasteiger partial charge < -0.3 is 25.5 Å². The molecule has 1 aliphatic carbocycles. The maximum Gasteiger partial charge on any atom is 0.270 e. The van der Waals surface area contributed by atoms with Crippen molar-refractivity contribution in [3.05, 3.63) is 29.1 Å². The van der Waals surface area contributed by atoms with Crippen molar-refractivity contribution in [2.45, 2.75) is 58.0 Å². The van der Waals surface area contributed by atoms with Gasteiger partial charge in [0.1, 0.15) is 5.70 Å². The zero-order valence-electron chi connectivity index (χ0n) is 18.3. The fourth-order valence-corrected chi connectivity index (χ4v) is 4.33. The number of amides is 1. The Bertz CT molecular complexity index is 968. The summed E-state index contributed by atoms with van der Waals surface area (Å²) in [4.78, 5) is 20.6. The van der Waals surface area contributed by atoms with E-state index in [1.165, 1.54) is 0 Å². The van der Waals surface area contributed by atoms with Gasteiger partial charge in [0, 0.05) is 34.8 Å². The van der Waals surface area contributed by atoms with Crippen molar-refractivity contribution in [1.29, 1.82) is 0 Å². The van der Waals surface area contributed by atoms with E-state index < -0.39 is 0 Å². The second-order valence-electron chi connectivity index (χ2n) is 7.80. The van der Waals surface area contributed by atoms with E-state index in [0.29, 0.717) is 23.6 Å². The molecular formula is C23H32N4O3. The predicted molar refractivity (Wildman–Crippen MR) is 121 cm³/mol. The number of nitrogens with zero attached hydrogens (tertiary/aromatic N) is 1. The van der Waals surface area contributed by atoms with Crippen LogP contribution in [0.5, 0.6) is 11.5 Å². The molecule has 1 heterocycles. The maximum atomic E-state index is 13.1. The van der Waals surface area contributed by atoms with Gasteiger partial charge in [-0.15, -0.1) is 0 Å². The third-order valence-corrected chi connectivity index (χ3v) is 5.91. The van der Waals surface area contributed by atoms with Crippen LogP contribution in [0.4, 0.5) is 0 Å². The van der Waals surface area contributed by atoms with Gasteiger partial charge >= 0.3 is 0 Å². The second-order valence-corrected chi connectivity index (χ2v) is 7.80. The molecule has 1 aromatic carbocycles. The summed E-state index contributed by atoms with van der Waals surface area (Å²) in [6.45, 7) is 7.70. The normalized spacial score (nSPS) is 19.9. The zero-order chi connectivity index (χ0) is 21.8. The monoisotopic (exact) mass is 412 g/mol. The number of carbonyl (C=O) groups is 1. The lowest BCUT2D eigenvalue weighted by atomic mass is 9.91. The molecule has 1 saturated carbocycles. The fourth-order valence-electron chi connectivity index (χ4n) is 4.33. The van der Waals surface area contributed by atoms with E-state index in [9.17, 15) is 4.79 Å². The van der Waals surface area contributed by atoms with E-state index in [0.717, 1.165) is 53.4 Å². The molecular weight excluding hydrogens is 380 g/mol. The van der Waals surface area contributed by atoms with Crippen molar-refractivity contribution < 1.29 is 14.3 Å². The molecule has 7 heteroatoms. The van der Waals surface area contributed by atoms with Gasteiger partial charge in [-0.3, -0.25) is 9.79 Å². The molecule has 0 spiro atoms. The van der Waals surface area contributed by atoms with Crippen LogP contribution in [0.1, 0.15) is 50.3 Å². The van der Waals surface area contributed by atoms with Crippen molar-refractivity contribution in [3.8, 4) is 11.5 Å². The summed E-state index contributed by atoms with van der Waals surface area (Å²) in [5.74, 6) is 1.10. The Labute approximate surface area is 177 Å². The number of aromatic amines is 1. The molecule has 0 radical (unpaired) electrons. The number of allylic oxidation sites excluding steroid dienone is 1. The summed E-state index contributed by atoms with van der Waals surface area (Å²) in [5, 5.41) is 4.09. The molecule has 4 N–H and O–H groups in total. The molecule has 1 aromatic heterocycles. The molecule has 1 aliphatic rings. The first-order valence-corrected chi connectivity index (χ1v) is 10.4. The van der Waals surface area contributed by atoms with Crippen LogP contribution in [0, 0.1) is 6.92 Å². The molecule has 30 heavy (non-hydrogen) atoms. The summed E-state index contributed by atoms with van der Waals surface area (Å²) < 4.78 is 10.9. The largest absolute Gasteiger partial charge is 0.493 e. The third kappa shape index (κ3) is 4.21. The Kier molecular flexibility index (Phi) is 6.82. The van der Waals surface area contributed by atoms with Crippen molar-refractivity contribution >= 4 is 29.1 Å². The van der Waals surface area contributed by atoms with Gasteiger partial charge in [-0.2, -0.15) is 0 Å². The number of aliphatic imine (C=N–C) groups is 1. The molecule has 2 aromatic rings. The number of benzene rings is 1. The number of H-pyrrole nitrogens is 1. The summed E-state index contributed by atoms with van der Waals surface area (Å²) in [5.41, 5.74) is 10.0. The third-order valence-electron chi connectivity index (χ3n) is 5.91. The summed E-state index contributed by atoms with van der Waals surface area (Å²) >= 11 is 0. The molecule has 7 nitrogen and oxygen atoms in total. The first-order valence-electron chi connectivity index (χ1n) is 10.4. The van der Waals surface area contributed by atoms with Crippen molar-refractivity contribution in [2.75, 3.05) is 14.2 Å². The van der Waals surface area contributed by atoms with Gasteiger partial charge in [0.2, 0.25) is 0 Å². The quantitative estimate of drug-likeness (QED) is 0.477. The lowest BCUT2D eigenvalue weighted by Gasteiger charge is -2.27. The lowest BCUT2D eigenvalue weighted by molar-refractivity contribution is -0.118. The van der Waals surface area contributed by atoms with E-state index in [2.05, 4.69) is 22.0 Å². The first kappa shape index (κ1) is 21.9. The molecule has 0 bridgehead atoms. The Morgan fingerprint density at radius 2 is 1.87 bits per heavy atom. The van der Waals surface area contributed by atoms with Gasteiger partial charge in [0.15, 0.2) is 11.5 Å². The number of rotatable bonds is 7. The average molecular weight is 413 g/mol. The number of carbonyl (C=O) groups excluding carboxylic acids is 1. The van der Waals surface area contributed by atoms with Crippen LogP contribution >= 0.6 is 0 Å². The number of nitrogens with one attached hydrogen (secondary N) is 2. The van der Waals surface area contributed by atoms with Crippen LogP contribution in [-0.2, 0) is 4.79 Å². The highest BCUT2D eigenvalue weighted by Gasteiger charge is 2.25. The van der Waals surface area contributed by atoms with Crippen molar-refractivity contribution in [3.63, 3.8) is 0 Å².